The van der Waals surface area contributed by atoms with Crippen LogP contribution in [0, 0.1) is 12.8 Å². The van der Waals surface area contributed by atoms with E-state index in [0.717, 1.165) is 24.8 Å². The van der Waals surface area contributed by atoms with Crippen LogP contribution in [0.3, 0.4) is 0 Å². The number of hydrogen-bond donors (Lipinski definition) is 1. The Labute approximate surface area is 109 Å². The topological polar surface area (TPSA) is 54.2 Å². The van der Waals surface area contributed by atoms with E-state index in [4.69, 9.17) is 4.52 Å². The number of rotatable bonds is 5. The van der Waals surface area contributed by atoms with Gasteiger partial charge in [0.25, 0.3) is 0 Å². The molecule has 1 fully saturated rings. The zero-order valence-corrected chi connectivity index (χ0v) is 11.6. The van der Waals surface area contributed by atoms with E-state index in [1.807, 2.05) is 6.92 Å². The van der Waals surface area contributed by atoms with Gasteiger partial charge in [0.15, 0.2) is 5.82 Å². The SMILES string of the molecule is Cc1noc(CCNC(C)C2CCN(C)CC2)n1. The van der Waals surface area contributed by atoms with Crippen molar-refractivity contribution in [3.63, 3.8) is 0 Å². The molecule has 1 aromatic heterocycles. The second-order valence-electron chi connectivity index (χ2n) is 5.37. The molecule has 0 aliphatic carbocycles. The molecule has 2 rings (SSSR count). The fraction of sp³-hybridized carbons (Fsp3) is 0.846. The average Bonchev–Trinajstić information content (AvgIpc) is 2.76. The zero-order valence-electron chi connectivity index (χ0n) is 11.6. The van der Waals surface area contributed by atoms with Gasteiger partial charge in [-0.15, -0.1) is 0 Å². The molecule has 5 heteroatoms. The van der Waals surface area contributed by atoms with Crippen molar-refractivity contribution >= 4 is 0 Å². The highest BCUT2D eigenvalue weighted by molar-refractivity contribution is 4.84. The third-order valence-corrected chi connectivity index (χ3v) is 3.85. The van der Waals surface area contributed by atoms with Crippen LogP contribution in [0.4, 0.5) is 0 Å². The van der Waals surface area contributed by atoms with E-state index in [0.29, 0.717) is 11.9 Å². The smallest absolute Gasteiger partial charge is 0.227 e. The summed E-state index contributed by atoms with van der Waals surface area (Å²) in [5.41, 5.74) is 0. The molecule has 1 aromatic rings. The molecule has 0 aromatic carbocycles. The fourth-order valence-corrected chi connectivity index (χ4v) is 2.54. The van der Waals surface area contributed by atoms with Crippen LogP contribution in [-0.2, 0) is 6.42 Å². The van der Waals surface area contributed by atoms with Crippen LogP contribution in [0.5, 0.6) is 0 Å². The molecule has 5 nitrogen and oxygen atoms in total. The van der Waals surface area contributed by atoms with E-state index in [2.05, 4.69) is 34.3 Å². The number of nitrogens with zero attached hydrogens (tertiary/aromatic N) is 3. The summed E-state index contributed by atoms with van der Waals surface area (Å²) in [6.45, 7) is 7.49. The second-order valence-corrected chi connectivity index (χ2v) is 5.37. The molecule has 1 unspecified atom stereocenters. The van der Waals surface area contributed by atoms with Crippen molar-refractivity contribution in [2.24, 2.45) is 5.92 Å². The number of aromatic nitrogens is 2. The molecule has 0 bridgehead atoms. The van der Waals surface area contributed by atoms with Crippen molar-refractivity contribution in [2.75, 3.05) is 26.7 Å². The zero-order chi connectivity index (χ0) is 13.0. The minimum absolute atomic E-state index is 0.572. The van der Waals surface area contributed by atoms with Crippen LogP contribution < -0.4 is 5.32 Å². The summed E-state index contributed by atoms with van der Waals surface area (Å²) >= 11 is 0. The summed E-state index contributed by atoms with van der Waals surface area (Å²) in [5.74, 6) is 2.24. The summed E-state index contributed by atoms with van der Waals surface area (Å²) in [6.07, 6.45) is 3.41. The number of aryl methyl sites for hydroxylation is 1. The van der Waals surface area contributed by atoms with Gasteiger partial charge in [-0.2, -0.15) is 4.98 Å². The van der Waals surface area contributed by atoms with Gasteiger partial charge in [0, 0.05) is 19.0 Å². The Morgan fingerprint density at radius 1 is 1.44 bits per heavy atom. The van der Waals surface area contributed by atoms with Crippen LogP contribution in [0.25, 0.3) is 0 Å². The van der Waals surface area contributed by atoms with E-state index in [1.54, 1.807) is 0 Å². The number of nitrogens with one attached hydrogen (secondary N) is 1. The van der Waals surface area contributed by atoms with Crippen LogP contribution >= 0.6 is 0 Å². The van der Waals surface area contributed by atoms with Crippen molar-refractivity contribution < 1.29 is 4.52 Å². The van der Waals surface area contributed by atoms with Gasteiger partial charge in [-0.1, -0.05) is 5.16 Å². The molecule has 0 amide bonds. The van der Waals surface area contributed by atoms with Crippen molar-refractivity contribution in [1.82, 2.24) is 20.4 Å². The molecule has 18 heavy (non-hydrogen) atoms. The van der Waals surface area contributed by atoms with Gasteiger partial charge >= 0.3 is 0 Å². The third kappa shape index (κ3) is 3.78. The number of piperidine rings is 1. The van der Waals surface area contributed by atoms with Crippen molar-refractivity contribution in [3.8, 4) is 0 Å². The highest BCUT2D eigenvalue weighted by Crippen LogP contribution is 2.19. The van der Waals surface area contributed by atoms with Crippen molar-refractivity contribution in [2.45, 2.75) is 39.2 Å². The lowest BCUT2D eigenvalue weighted by Gasteiger charge is -2.33. The molecular weight excluding hydrogens is 228 g/mol. The van der Waals surface area contributed by atoms with E-state index >= 15 is 0 Å². The van der Waals surface area contributed by atoms with E-state index in [9.17, 15) is 0 Å². The first-order valence-electron chi connectivity index (χ1n) is 6.86. The van der Waals surface area contributed by atoms with Gasteiger partial charge in [-0.05, 0) is 52.7 Å². The van der Waals surface area contributed by atoms with Gasteiger partial charge in [-0.25, -0.2) is 0 Å². The summed E-state index contributed by atoms with van der Waals surface area (Å²) in [4.78, 5) is 6.61. The Bertz CT molecular complexity index is 358. The molecule has 2 heterocycles. The lowest BCUT2D eigenvalue weighted by atomic mass is 9.90. The molecule has 102 valence electrons. The first-order valence-corrected chi connectivity index (χ1v) is 6.86. The van der Waals surface area contributed by atoms with Crippen LogP contribution in [0.2, 0.25) is 0 Å². The van der Waals surface area contributed by atoms with Gasteiger partial charge in [0.1, 0.15) is 0 Å². The molecule has 1 atom stereocenters. The van der Waals surface area contributed by atoms with Crippen molar-refractivity contribution in [1.29, 1.82) is 0 Å². The molecule has 1 N–H and O–H groups in total. The normalized spacial score (nSPS) is 20.2. The highest BCUT2D eigenvalue weighted by atomic mass is 16.5. The molecular formula is C13H24N4O. The minimum atomic E-state index is 0.572. The number of hydrogen-bond acceptors (Lipinski definition) is 5. The largest absolute Gasteiger partial charge is 0.339 e. The predicted octanol–water partition coefficient (Wildman–Crippen LogP) is 1.24. The molecule has 0 radical (unpaired) electrons. The van der Waals surface area contributed by atoms with Crippen LogP contribution in [0.1, 0.15) is 31.5 Å². The lowest BCUT2D eigenvalue weighted by Crippen LogP contribution is -2.41. The van der Waals surface area contributed by atoms with Crippen LogP contribution in [-0.4, -0.2) is 47.8 Å². The van der Waals surface area contributed by atoms with Gasteiger partial charge < -0.3 is 14.7 Å². The number of likely N-dealkylation sites (tertiary alicyclic amines) is 1. The maximum atomic E-state index is 5.10. The van der Waals surface area contributed by atoms with E-state index in [-0.39, 0.29) is 0 Å². The van der Waals surface area contributed by atoms with Crippen molar-refractivity contribution in [3.05, 3.63) is 11.7 Å². The lowest BCUT2D eigenvalue weighted by molar-refractivity contribution is 0.190. The van der Waals surface area contributed by atoms with E-state index in [1.165, 1.54) is 25.9 Å². The molecule has 0 saturated carbocycles. The molecule has 0 spiro atoms. The molecule has 1 aliphatic heterocycles. The monoisotopic (exact) mass is 252 g/mol. The van der Waals surface area contributed by atoms with Gasteiger partial charge in [0.05, 0.1) is 0 Å². The highest BCUT2D eigenvalue weighted by Gasteiger charge is 2.21. The van der Waals surface area contributed by atoms with Gasteiger partial charge in [0.2, 0.25) is 5.89 Å². The third-order valence-electron chi connectivity index (χ3n) is 3.85. The molecule has 1 aliphatic rings. The fourth-order valence-electron chi connectivity index (χ4n) is 2.54. The Balaban J connectivity index is 1.67. The second kappa shape index (κ2) is 6.29. The maximum absolute atomic E-state index is 5.10. The Hall–Kier alpha value is -0.940. The maximum Gasteiger partial charge on any atom is 0.227 e. The van der Waals surface area contributed by atoms with E-state index < -0.39 is 0 Å². The Kier molecular flexibility index (Phi) is 4.72. The standard InChI is InChI=1S/C13H24N4O/c1-10(12-5-8-17(3)9-6-12)14-7-4-13-15-11(2)16-18-13/h10,12,14H,4-9H2,1-3H3. The van der Waals surface area contributed by atoms with Crippen LogP contribution in [0.15, 0.2) is 4.52 Å². The first-order chi connectivity index (χ1) is 8.65. The molecule has 1 saturated heterocycles. The Morgan fingerprint density at radius 2 is 2.17 bits per heavy atom. The summed E-state index contributed by atoms with van der Waals surface area (Å²) in [5, 5.41) is 7.37. The average molecular weight is 252 g/mol. The Morgan fingerprint density at radius 3 is 2.78 bits per heavy atom. The first kappa shape index (κ1) is 13.5. The summed E-state index contributed by atoms with van der Waals surface area (Å²) in [6, 6.07) is 0.572. The minimum Gasteiger partial charge on any atom is -0.339 e. The predicted molar refractivity (Wildman–Crippen MR) is 70.4 cm³/mol. The quantitative estimate of drug-likeness (QED) is 0.854. The van der Waals surface area contributed by atoms with Gasteiger partial charge in [-0.3, -0.25) is 0 Å². The summed E-state index contributed by atoms with van der Waals surface area (Å²) < 4.78 is 5.10. The summed E-state index contributed by atoms with van der Waals surface area (Å²) in [7, 11) is 2.20.